The largest absolute Gasteiger partial charge is 0.353 e. The van der Waals surface area contributed by atoms with Gasteiger partial charge in [-0.1, -0.05) is 0 Å². The molecule has 15 heavy (non-hydrogen) atoms. The molecular weight excluding hydrogens is 192 g/mol. The summed E-state index contributed by atoms with van der Waals surface area (Å²) in [6, 6.07) is 0. The van der Waals surface area contributed by atoms with Crippen LogP contribution in [0.15, 0.2) is 0 Å². The van der Waals surface area contributed by atoms with Crippen molar-refractivity contribution in [1.82, 2.24) is 10.2 Å². The molecule has 0 saturated heterocycles. The van der Waals surface area contributed by atoms with Crippen LogP contribution in [0.25, 0.3) is 0 Å². The van der Waals surface area contributed by atoms with Gasteiger partial charge in [-0.25, -0.2) is 0 Å². The van der Waals surface area contributed by atoms with Crippen LogP contribution in [0.2, 0.25) is 0 Å². The van der Waals surface area contributed by atoms with E-state index in [-0.39, 0.29) is 6.29 Å². The molecule has 4 heteroatoms. The van der Waals surface area contributed by atoms with Crippen molar-refractivity contribution in [3.63, 3.8) is 0 Å². The minimum absolute atomic E-state index is 0.0444. The normalized spacial score (nSPS) is 11.6. The molecule has 92 valence electrons. The van der Waals surface area contributed by atoms with Crippen LogP contribution in [0.5, 0.6) is 0 Å². The number of hydrogen-bond acceptors (Lipinski definition) is 4. The van der Waals surface area contributed by atoms with Crippen molar-refractivity contribution < 1.29 is 9.47 Å². The Hall–Kier alpha value is -0.160. The number of likely N-dealkylation sites (N-methyl/N-ethyl adjacent to an activating group) is 2. The van der Waals surface area contributed by atoms with Crippen molar-refractivity contribution >= 4 is 0 Å². The average molecular weight is 218 g/mol. The van der Waals surface area contributed by atoms with Gasteiger partial charge in [-0.15, -0.1) is 0 Å². The number of nitrogens with one attached hydrogen (secondary N) is 1. The molecule has 0 radical (unpaired) electrons. The molecule has 0 aromatic carbocycles. The minimum atomic E-state index is -0.0444. The maximum atomic E-state index is 5.47. The van der Waals surface area contributed by atoms with Crippen LogP contribution in [0, 0.1) is 0 Å². The van der Waals surface area contributed by atoms with Crippen molar-refractivity contribution in [3.05, 3.63) is 0 Å². The Morgan fingerprint density at radius 3 is 2.20 bits per heavy atom. The smallest absolute Gasteiger partial charge is 0.158 e. The van der Waals surface area contributed by atoms with Gasteiger partial charge in [0.1, 0.15) is 0 Å². The summed E-state index contributed by atoms with van der Waals surface area (Å²) < 4.78 is 10.9. The summed E-state index contributed by atoms with van der Waals surface area (Å²) in [5.74, 6) is 0. The van der Waals surface area contributed by atoms with Gasteiger partial charge in [0.05, 0.1) is 0 Å². The van der Waals surface area contributed by atoms with E-state index < -0.39 is 0 Å². The molecule has 4 nitrogen and oxygen atoms in total. The number of nitrogens with zero attached hydrogens (tertiary/aromatic N) is 1. The molecule has 0 aliphatic heterocycles. The molecule has 0 atom stereocenters. The Bertz CT molecular complexity index is 128. The molecule has 0 amide bonds. The Morgan fingerprint density at radius 2 is 1.73 bits per heavy atom. The second-order valence-electron chi connectivity index (χ2n) is 3.54. The van der Waals surface area contributed by atoms with Crippen LogP contribution in [0.3, 0.4) is 0 Å². The van der Waals surface area contributed by atoms with Crippen molar-refractivity contribution in [3.8, 4) is 0 Å². The zero-order chi connectivity index (χ0) is 11.5. The summed E-state index contributed by atoms with van der Waals surface area (Å²) in [7, 11) is 4.09. The fraction of sp³-hybridized carbons (Fsp3) is 1.00. The van der Waals surface area contributed by atoms with E-state index in [1.54, 1.807) is 0 Å². The lowest BCUT2D eigenvalue weighted by Gasteiger charge is -2.21. The van der Waals surface area contributed by atoms with Gasteiger partial charge >= 0.3 is 0 Å². The van der Waals surface area contributed by atoms with E-state index >= 15 is 0 Å². The fourth-order valence-corrected chi connectivity index (χ4v) is 1.33. The molecule has 0 aromatic heterocycles. The topological polar surface area (TPSA) is 33.7 Å². The second-order valence-corrected chi connectivity index (χ2v) is 3.54. The summed E-state index contributed by atoms with van der Waals surface area (Å²) in [5, 5.41) is 3.13. The molecule has 0 spiro atoms. The lowest BCUT2D eigenvalue weighted by Crippen LogP contribution is -2.31. The second kappa shape index (κ2) is 10.4. The Balaban J connectivity index is 3.57. The molecule has 0 rings (SSSR count). The molecule has 0 unspecified atom stereocenters. The minimum Gasteiger partial charge on any atom is -0.353 e. The highest BCUT2D eigenvalue weighted by Gasteiger charge is 2.08. The molecule has 0 bridgehead atoms. The van der Waals surface area contributed by atoms with Gasteiger partial charge in [-0.2, -0.15) is 0 Å². The standard InChI is InChI=1S/C11H26N2O2/c1-5-14-11(15-6-2)7-9-13(4)10-8-12-3/h11-12H,5-10H2,1-4H3. The van der Waals surface area contributed by atoms with Gasteiger partial charge in [0.25, 0.3) is 0 Å². The summed E-state index contributed by atoms with van der Waals surface area (Å²) in [6.07, 6.45) is 0.888. The maximum Gasteiger partial charge on any atom is 0.158 e. The van der Waals surface area contributed by atoms with Crippen LogP contribution in [0.4, 0.5) is 0 Å². The van der Waals surface area contributed by atoms with E-state index in [9.17, 15) is 0 Å². The average Bonchev–Trinajstić information content (AvgIpc) is 2.23. The van der Waals surface area contributed by atoms with Crippen LogP contribution >= 0.6 is 0 Å². The van der Waals surface area contributed by atoms with Gasteiger partial charge in [0, 0.05) is 39.3 Å². The van der Waals surface area contributed by atoms with Crippen molar-refractivity contribution in [2.24, 2.45) is 0 Å². The molecule has 0 aliphatic carbocycles. The maximum absolute atomic E-state index is 5.47. The first-order chi connectivity index (χ1) is 7.24. The highest BCUT2D eigenvalue weighted by molar-refractivity contribution is 4.55. The third-order valence-corrected chi connectivity index (χ3v) is 2.20. The van der Waals surface area contributed by atoms with E-state index in [2.05, 4.69) is 17.3 Å². The monoisotopic (exact) mass is 218 g/mol. The van der Waals surface area contributed by atoms with Crippen molar-refractivity contribution in [2.75, 3.05) is 46.9 Å². The third-order valence-electron chi connectivity index (χ3n) is 2.20. The lowest BCUT2D eigenvalue weighted by atomic mass is 10.3. The third kappa shape index (κ3) is 8.81. The Labute approximate surface area is 93.9 Å². The predicted molar refractivity (Wildman–Crippen MR) is 63.1 cm³/mol. The van der Waals surface area contributed by atoms with E-state index in [1.807, 2.05) is 20.9 Å². The molecular formula is C11H26N2O2. The van der Waals surface area contributed by atoms with Gasteiger partial charge in [-0.3, -0.25) is 0 Å². The van der Waals surface area contributed by atoms with Crippen molar-refractivity contribution in [2.45, 2.75) is 26.6 Å². The Morgan fingerprint density at radius 1 is 1.13 bits per heavy atom. The molecule has 0 saturated carbocycles. The lowest BCUT2D eigenvalue weighted by molar-refractivity contribution is -0.141. The van der Waals surface area contributed by atoms with E-state index in [0.717, 1.165) is 26.1 Å². The number of ether oxygens (including phenoxy) is 2. The fourth-order valence-electron chi connectivity index (χ4n) is 1.33. The van der Waals surface area contributed by atoms with Crippen LogP contribution in [-0.4, -0.2) is 58.1 Å². The van der Waals surface area contributed by atoms with E-state index in [4.69, 9.17) is 9.47 Å². The van der Waals surface area contributed by atoms with Gasteiger partial charge in [-0.05, 0) is 27.9 Å². The van der Waals surface area contributed by atoms with Gasteiger partial charge in [0.15, 0.2) is 6.29 Å². The van der Waals surface area contributed by atoms with Crippen LogP contribution in [0.1, 0.15) is 20.3 Å². The summed E-state index contributed by atoms with van der Waals surface area (Å²) in [5.41, 5.74) is 0. The zero-order valence-electron chi connectivity index (χ0n) is 10.6. The molecule has 1 N–H and O–H groups in total. The first-order valence-electron chi connectivity index (χ1n) is 5.80. The first-order valence-corrected chi connectivity index (χ1v) is 5.80. The van der Waals surface area contributed by atoms with Gasteiger partial charge in [0.2, 0.25) is 0 Å². The molecule has 0 aromatic rings. The first kappa shape index (κ1) is 14.8. The quantitative estimate of drug-likeness (QED) is 0.553. The summed E-state index contributed by atoms with van der Waals surface area (Å²) >= 11 is 0. The highest BCUT2D eigenvalue weighted by Crippen LogP contribution is 2.02. The molecule has 0 heterocycles. The van der Waals surface area contributed by atoms with Gasteiger partial charge < -0.3 is 19.7 Å². The number of hydrogen-bond donors (Lipinski definition) is 1. The number of rotatable bonds is 10. The Kier molecular flexibility index (Phi) is 10.3. The summed E-state index contributed by atoms with van der Waals surface area (Å²) in [6.45, 7) is 8.50. The van der Waals surface area contributed by atoms with Crippen LogP contribution in [-0.2, 0) is 9.47 Å². The van der Waals surface area contributed by atoms with E-state index in [0.29, 0.717) is 13.2 Å². The highest BCUT2D eigenvalue weighted by atomic mass is 16.7. The predicted octanol–water partition coefficient (Wildman–Crippen LogP) is 0.927. The molecule has 0 fully saturated rings. The molecule has 0 aliphatic rings. The van der Waals surface area contributed by atoms with Crippen LogP contribution < -0.4 is 5.32 Å². The van der Waals surface area contributed by atoms with Crippen molar-refractivity contribution in [1.29, 1.82) is 0 Å². The van der Waals surface area contributed by atoms with E-state index in [1.165, 1.54) is 0 Å². The zero-order valence-corrected chi connectivity index (χ0v) is 10.6. The summed E-state index contributed by atoms with van der Waals surface area (Å²) in [4.78, 5) is 2.28. The SMILES string of the molecule is CCOC(CCN(C)CCNC)OCC.